The monoisotopic (exact) mass is 226 g/mol. The molecule has 0 bridgehead atoms. The molecule has 0 saturated carbocycles. The molecule has 0 unspecified atom stereocenters. The summed E-state index contributed by atoms with van der Waals surface area (Å²) in [5.74, 6) is 2.84. The van der Waals surface area contributed by atoms with Crippen molar-refractivity contribution in [3.8, 4) is 0 Å². The van der Waals surface area contributed by atoms with Crippen molar-refractivity contribution in [2.75, 3.05) is 18.1 Å². The zero-order valence-corrected chi connectivity index (χ0v) is 9.29. The lowest BCUT2D eigenvalue weighted by atomic mass is 10.0. The van der Waals surface area contributed by atoms with Crippen LogP contribution in [-0.4, -0.2) is 24.1 Å². The zero-order chi connectivity index (χ0) is 10.5. The van der Waals surface area contributed by atoms with E-state index in [2.05, 4.69) is 0 Å². The Balaban J connectivity index is 1.75. The quantitative estimate of drug-likeness (QED) is 0.743. The molecular weight excluding hydrogens is 212 g/mol. The minimum absolute atomic E-state index is 0.292. The Kier molecular flexibility index (Phi) is 3.72. The summed E-state index contributed by atoms with van der Waals surface area (Å²) in [6.07, 6.45) is 3.78. The van der Waals surface area contributed by atoms with Crippen molar-refractivity contribution in [3.63, 3.8) is 0 Å². The highest BCUT2D eigenvalue weighted by atomic mass is 32.2. The first-order valence-corrected chi connectivity index (χ1v) is 6.30. The van der Waals surface area contributed by atoms with Crippen LogP contribution in [0.15, 0.2) is 22.8 Å². The molecule has 0 N–H and O–H groups in total. The standard InChI is InChI=1S/C11H14O3S/c12-11(10-2-1-5-13-10)14-8-9-3-6-15-7-4-9/h1-2,5,9H,3-4,6-8H2. The molecule has 1 aromatic rings. The van der Waals surface area contributed by atoms with Gasteiger partial charge in [-0.15, -0.1) is 0 Å². The molecule has 82 valence electrons. The number of furan rings is 1. The molecule has 15 heavy (non-hydrogen) atoms. The molecule has 0 amide bonds. The maximum atomic E-state index is 11.4. The third-order valence-corrected chi connectivity index (χ3v) is 3.56. The summed E-state index contributed by atoms with van der Waals surface area (Å²) < 4.78 is 10.1. The molecule has 2 heterocycles. The molecule has 3 nitrogen and oxygen atoms in total. The maximum absolute atomic E-state index is 11.4. The predicted octanol–water partition coefficient (Wildman–Crippen LogP) is 2.58. The van der Waals surface area contributed by atoms with Gasteiger partial charge in [0.2, 0.25) is 5.76 Å². The average molecular weight is 226 g/mol. The second kappa shape index (κ2) is 5.26. The number of rotatable bonds is 3. The van der Waals surface area contributed by atoms with Crippen molar-refractivity contribution in [2.45, 2.75) is 12.8 Å². The van der Waals surface area contributed by atoms with Crippen LogP contribution in [0.2, 0.25) is 0 Å². The lowest BCUT2D eigenvalue weighted by Crippen LogP contribution is -2.18. The van der Waals surface area contributed by atoms with Gasteiger partial charge < -0.3 is 9.15 Å². The number of carbonyl (C=O) groups is 1. The third-order valence-electron chi connectivity index (χ3n) is 2.51. The van der Waals surface area contributed by atoms with Crippen LogP contribution in [-0.2, 0) is 4.74 Å². The van der Waals surface area contributed by atoms with E-state index in [9.17, 15) is 4.79 Å². The molecule has 1 fully saturated rings. The fraction of sp³-hybridized carbons (Fsp3) is 0.545. The van der Waals surface area contributed by atoms with Crippen LogP contribution < -0.4 is 0 Å². The zero-order valence-electron chi connectivity index (χ0n) is 8.48. The summed E-state index contributed by atoms with van der Waals surface area (Å²) in [7, 11) is 0. The Morgan fingerprint density at radius 2 is 2.33 bits per heavy atom. The second-order valence-corrected chi connectivity index (χ2v) is 4.86. The van der Waals surface area contributed by atoms with Gasteiger partial charge in [-0.1, -0.05) is 0 Å². The maximum Gasteiger partial charge on any atom is 0.374 e. The fourth-order valence-electron chi connectivity index (χ4n) is 1.57. The molecule has 1 aliphatic heterocycles. The summed E-state index contributed by atoms with van der Waals surface area (Å²) in [4.78, 5) is 11.4. The first-order valence-electron chi connectivity index (χ1n) is 5.14. The minimum atomic E-state index is -0.349. The van der Waals surface area contributed by atoms with Gasteiger partial charge in [0.05, 0.1) is 12.9 Å². The first kappa shape index (κ1) is 10.6. The number of carbonyl (C=O) groups excluding carboxylic acids is 1. The smallest absolute Gasteiger partial charge is 0.374 e. The summed E-state index contributed by atoms with van der Waals surface area (Å²) in [5.41, 5.74) is 0. The molecule has 2 rings (SSSR count). The van der Waals surface area contributed by atoms with Gasteiger partial charge >= 0.3 is 5.97 Å². The Bertz CT molecular complexity index is 302. The van der Waals surface area contributed by atoms with E-state index in [-0.39, 0.29) is 5.97 Å². The van der Waals surface area contributed by atoms with Gasteiger partial charge in [-0.25, -0.2) is 4.79 Å². The molecule has 0 atom stereocenters. The third kappa shape index (κ3) is 3.02. The number of esters is 1. The Labute approximate surface area is 93.2 Å². The molecule has 1 aliphatic rings. The highest BCUT2D eigenvalue weighted by molar-refractivity contribution is 7.99. The van der Waals surface area contributed by atoms with E-state index in [0.29, 0.717) is 18.3 Å². The predicted molar refractivity (Wildman–Crippen MR) is 59.0 cm³/mol. The van der Waals surface area contributed by atoms with Crippen molar-refractivity contribution in [1.29, 1.82) is 0 Å². The van der Waals surface area contributed by atoms with Crippen molar-refractivity contribution < 1.29 is 13.9 Å². The van der Waals surface area contributed by atoms with Crippen LogP contribution >= 0.6 is 11.8 Å². The van der Waals surface area contributed by atoms with Gasteiger partial charge in [0.15, 0.2) is 0 Å². The van der Waals surface area contributed by atoms with Crippen molar-refractivity contribution in [2.24, 2.45) is 5.92 Å². The molecule has 1 aromatic heterocycles. The van der Waals surface area contributed by atoms with Gasteiger partial charge in [0.25, 0.3) is 0 Å². The van der Waals surface area contributed by atoms with E-state index in [1.54, 1.807) is 12.1 Å². The van der Waals surface area contributed by atoms with Crippen LogP contribution in [0.25, 0.3) is 0 Å². The van der Waals surface area contributed by atoms with Gasteiger partial charge in [0, 0.05) is 0 Å². The molecule has 0 aliphatic carbocycles. The largest absolute Gasteiger partial charge is 0.460 e. The lowest BCUT2D eigenvalue weighted by molar-refractivity contribution is 0.0397. The second-order valence-electron chi connectivity index (χ2n) is 3.63. The summed E-state index contributed by atoms with van der Waals surface area (Å²) in [5, 5.41) is 0. The molecule has 0 radical (unpaired) electrons. The summed E-state index contributed by atoms with van der Waals surface area (Å²) >= 11 is 1.97. The molecule has 0 spiro atoms. The SMILES string of the molecule is O=C(OCC1CCSCC1)c1ccco1. The first-order chi connectivity index (χ1) is 7.36. The number of hydrogen-bond acceptors (Lipinski definition) is 4. The Hall–Kier alpha value is -0.900. The number of thioether (sulfide) groups is 1. The van der Waals surface area contributed by atoms with E-state index in [0.717, 1.165) is 12.8 Å². The normalized spacial score (nSPS) is 17.6. The fourth-order valence-corrected chi connectivity index (χ4v) is 2.78. The average Bonchev–Trinajstić information content (AvgIpc) is 2.81. The minimum Gasteiger partial charge on any atom is -0.460 e. The van der Waals surface area contributed by atoms with Crippen LogP contribution in [0.1, 0.15) is 23.4 Å². The van der Waals surface area contributed by atoms with E-state index < -0.39 is 0 Å². The molecule has 4 heteroatoms. The van der Waals surface area contributed by atoms with Gasteiger partial charge in [-0.2, -0.15) is 11.8 Å². The van der Waals surface area contributed by atoms with E-state index in [1.807, 2.05) is 11.8 Å². The molecule has 0 aromatic carbocycles. The topological polar surface area (TPSA) is 39.4 Å². The molecule has 1 saturated heterocycles. The van der Waals surface area contributed by atoms with Crippen molar-refractivity contribution in [3.05, 3.63) is 24.2 Å². The number of hydrogen-bond donors (Lipinski definition) is 0. The lowest BCUT2D eigenvalue weighted by Gasteiger charge is -2.20. The Morgan fingerprint density at radius 3 is 3.00 bits per heavy atom. The van der Waals surface area contributed by atoms with Crippen LogP contribution in [0.5, 0.6) is 0 Å². The van der Waals surface area contributed by atoms with Gasteiger partial charge in [-0.3, -0.25) is 0 Å². The summed E-state index contributed by atoms with van der Waals surface area (Å²) in [6.45, 7) is 0.528. The van der Waals surface area contributed by atoms with Crippen molar-refractivity contribution in [1.82, 2.24) is 0 Å². The van der Waals surface area contributed by atoms with E-state index in [4.69, 9.17) is 9.15 Å². The van der Waals surface area contributed by atoms with Gasteiger partial charge in [-0.05, 0) is 42.4 Å². The van der Waals surface area contributed by atoms with E-state index in [1.165, 1.54) is 17.8 Å². The summed E-state index contributed by atoms with van der Waals surface area (Å²) in [6, 6.07) is 3.31. The number of ether oxygens (including phenoxy) is 1. The Morgan fingerprint density at radius 1 is 1.53 bits per heavy atom. The van der Waals surface area contributed by atoms with Gasteiger partial charge in [0.1, 0.15) is 0 Å². The van der Waals surface area contributed by atoms with Crippen LogP contribution in [0.3, 0.4) is 0 Å². The van der Waals surface area contributed by atoms with Crippen molar-refractivity contribution >= 4 is 17.7 Å². The van der Waals surface area contributed by atoms with E-state index >= 15 is 0 Å². The van der Waals surface area contributed by atoms with Crippen LogP contribution in [0.4, 0.5) is 0 Å². The highest BCUT2D eigenvalue weighted by Crippen LogP contribution is 2.23. The highest BCUT2D eigenvalue weighted by Gasteiger charge is 2.17. The molecular formula is C11H14O3S. The van der Waals surface area contributed by atoms with Crippen LogP contribution in [0, 0.1) is 5.92 Å².